The lowest BCUT2D eigenvalue weighted by atomic mass is 9.92. The molecule has 2 fully saturated rings. The van der Waals surface area contributed by atoms with Gasteiger partial charge in [-0.05, 0) is 86.9 Å². The van der Waals surface area contributed by atoms with Gasteiger partial charge < -0.3 is 15.2 Å². The molecule has 0 amide bonds. The second kappa shape index (κ2) is 8.97. The van der Waals surface area contributed by atoms with Gasteiger partial charge in [-0.1, -0.05) is 12.1 Å². The van der Waals surface area contributed by atoms with Crippen LogP contribution in [0.2, 0.25) is 0 Å². The van der Waals surface area contributed by atoms with Gasteiger partial charge >= 0.3 is 0 Å². The Kier molecular flexibility index (Phi) is 5.92. The monoisotopic (exact) mass is 420 g/mol. The summed E-state index contributed by atoms with van der Waals surface area (Å²) in [6.07, 6.45) is 9.33. The lowest BCUT2D eigenvalue weighted by molar-refractivity contribution is -0.0710. The molecule has 164 valence electrons. The topological polar surface area (TPSA) is 70.5 Å². The van der Waals surface area contributed by atoms with Crippen LogP contribution in [0.5, 0.6) is 5.75 Å². The normalized spacial score (nSPS) is 22.6. The SMILES string of the molecule is Cc1cc(NC2CCCN(C3COC3)C2)nnc1-c1ccc(C2=CCCCC2)cc1O. The van der Waals surface area contributed by atoms with Gasteiger partial charge in [0.2, 0.25) is 0 Å². The summed E-state index contributed by atoms with van der Waals surface area (Å²) in [5.41, 5.74) is 4.95. The van der Waals surface area contributed by atoms with E-state index in [9.17, 15) is 5.11 Å². The fourth-order valence-electron chi connectivity index (χ4n) is 4.95. The number of benzene rings is 1. The molecule has 6 heteroatoms. The number of aryl methyl sites for hydroxylation is 1. The quantitative estimate of drug-likeness (QED) is 0.748. The van der Waals surface area contributed by atoms with Gasteiger partial charge in [-0.15, -0.1) is 10.2 Å². The van der Waals surface area contributed by atoms with Crippen LogP contribution < -0.4 is 5.32 Å². The molecule has 2 aliphatic heterocycles. The van der Waals surface area contributed by atoms with E-state index in [0.29, 0.717) is 12.1 Å². The maximum Gasteiger partial charge on any atom is 0.149 e. The van der Waals surface area contributed by atoms with Crippen molar-refractivity contribution < 1.29 is 9.84 Å². The smallest absolute Gasteiger partial charge is 0.149 e. The predicted molar refractivity (Wildman–Crippen MR) is 123 cm³/mol. The number of ether oxygens (including phenoxy) is 1. The first-order valence-corrected chi connectivity index (χ1v) is 11.6. The molecule has 1 aliphatic carbocycles. The van der Waals surface area contributed by atoms with E-state index in [4.69, 9.17) is 4.74 Å². The van der Waals surface area contributed by atoms with E-state index in [1.54, 1.807) is 0 Å². The summed E-state index contributed by atoms with van der Waals surface area (Å²) < 4.78 is 5.36. The van der Waals surface area contributed by atoms with Gasteiger partial charge in [0, 0.05) is 18.2 Å². The number of phenolic OH excluding ortho intramolecular Hbond substituents is 1. The van der Waals surface area contributed by atoms with Crippen molar-refractivity contribution in [1.82, 2.24) is 15.1 Å². The van der Waals surface area contributed by atoms with Gasteiger partial charge in [0.15, 0.2) is 0 Å². The third kappa shape index (κ3) is 4.46. The first-order chi connectivity index (χ1) is 15.2. The highest BCUT2D eigenvalue weighted by atomic mass is 16.5. The largest absolute Gasteiger partial charge is 0.507 e. The number of nitrogens with one attached hydrogen (secondary N) is 1. The maximum absolute atomic E-state index is 10.7. The van der Waals surface area contributed by atoms with E-state index in [2.05, 4.69) is 32.6 Å². The molecular weight excluding hydrogens is 388 g/mol. The van der Waals surface area contributed by atoms with Crippen molar-refractivity contribution >= 4 is 11.4 Å². The summed E-state index contributed by atoms with van der Waals surface area (Å²) >= 11 is 0. The number of nitrogens with zero attached hydrogens (tertiary/aromatic N) is 3. The van der Waals surface area contributed by atoms with Gasteiger partial charge in [-0.25, -0.2) is 0 Å². The number of likely N-dealkylation sites (tertiary alicyclic amines) is 1. The zero-order chi connectivity index (χ0) is 21.2. The summed E-state index contributed by atoms with van der Waals surface area (Å²) in [4.78, 5) is 2.53. The zero-order valence-corrected chi connectivity index (χ0v) is 18.3. The molecule has 1 aromatic heterocycles. The highest BCUT2D eigenvalue weighted by Crippen LogP contribution is 2.35. The number of aromatic hydroxyl groups is 1. The minimum absolute atomic E-state index is 0.271. The van der Waals surface area contributed by atoms with Crippen molar-refractivity contribution in [2.45, 2.75) is 57.5 Å². The van der Waals surface area contributed by atoms with Crippen LogP contribution in [0.15, 0.2) is 30.3 Å². The first-order valence-electron chi connectivity index (χ1n) is 11.6. The van der Waals surface area contributed by atoms with Crippen LogP contribution in [0, 0.1) is 6.92 Å². The maximum atomic E-state index is 10.7. The fourth-order valence-corrected chi connectivity index (χ4v) is 4.95. The Morgan fingerprint density at radius 2 is 2.03 bits per heavy atom. The van der Waals surface area contributed by atoms with Gasteiger partial charge in [0.25, 0.3) is 0 Å². The van der Waals surface area contributed by atoms with E-state index in [1.807, 2.05) is 25.1 Å². The summed E-state index contributed by atoms with van der Waals surface area (Å²) in [6, 6.07) is 8.95. The van der Waals surface area contributed by atoms with Gasteiger partial charge in [-0.3, -0.25) is 4.90 Å². The van der Waals surface area contributed by atoms with Gasteiger partial charge in [-0.2, -0.15) is 0 Å². The molecule has 0 radical (unpaired) electrons. The van der Waals surface area contributed by atoms with Crippen LogP contribution in [0.25, 0.3) is 16.8 Å². The molecule has 0 bridgehead atoms. The number of hydrogen-bond donors (Lipinski definition) is 2. The lowest BCUT2D eigenvalue weighted by Crippen LogP contribution is -2.54. The summed E-state index contributed by atoms with van der Waals surface area (Å²) in [5.74, 6) is 1.08. The molecule has 31 heavy (non-hydrogen) atoms. The molecule has 5 rings (SSSR count). The number of piperidine rings is 1. The van der Waals surface area contributed by atoms with Crippen LogP contribution in [-0.2, 0) is 4.74 Å². The van der Waals surface area contributed by atoms with E-state index in [-0.39, 0.29) is 5.75 Å². The van der Waals surface area contributed by atoms with Crippen LogP contribution >= 0.6 is 0 Å². The lowest BCUT2D eigenvalue weighted by Gasteiger charge is -2.42. The molecular formula is C25H32N4O2. The average Bonchev–Trinajstić information content (AvgIpc) is 2.74. The molecule has 2 N–H and O–H groups in total. The second-order valence-electron chi connectivity index (χ2n) is 9.14. The summed E-state index contributed by atoms with van der Waals surface area (Å²) in [7, 11) is 0. The van der Waals surface area contributed by atoms with Crippen molar-refractivity contribution in [3.8, 4) is 17.0 Å². The second-order valence-corrected chi connectivity index (χ2v) is 9.14. The Bertz CT molecular complexity index is 970. The third-order valence-corrected chi connectivity index (χ3v) is 6.84. The number of anilines is 1. The van der Waals surface area contributed by atoms with Crippen molar-refractivity contribution in [1.29, 1.82) is 0 Å². The molecule has 2 aromatic rings. The standard InChI is InChI=1S/C25H32N4O2/c1-17-12-24(26-20-8-5-11-29(14-20)21-15-31-16-21)27-28-25(17)22-10-9-19(13-23(22)30)18-6-3-2-4-7-18/h6,9-10,12-13,20-21,30H,2-5,7-8,11,14-16H2,1H3,(H,26,27). The Morgan fingerprint density at radius 1 is 1.13 bits per heavy atom. The van der Waals surface area contributed by atoms with Crippen LogP contribution in [0.3, 0.4) is 0 Å². The Labute approximate surface area is 184 Å². The Balaban J connectivity index is 1.29. The number of aromatic nitrogens is 2. The van der Waals surface area contributed by atoms with E-state index in [1.165, 1.54) is 24.8 Å². The fraction of sp³-hybridized carbons (Fsp3) is 0.520. The van der Waals surface area contributed by atoms with Gasteiger partial charge in [0.1, 0.15) is 11.6 Å². The molecule has 2 saturated heterocycles. The molecule has 1 aromatic carbocycles. The van der Waals surface area contributed by atoms with Crippen molar-refractivity contribution in [2.75, 3.05) is 31.6 Å². The van der Waals surface area contributed by atoms with Crippen molar-refractivity contribution in [2.24, 2.45) is 0 Å². The predicted octanol–water partition coefficient (Wildman–Crippen LogP) is 4.39. The third-order valence-electron chi connectivity index (χ3n) is 6.84. The molecule has 1 unspecified atom stereocenters. The van der Waals surface area contributed by atoms with Crippen molar-refractivity contribution in [3.63, 3.8) is 0 Å². The molecule has 1 atom stereocenters. The first kappa shape index (κ1) is 20.5. The summed E-state index contributed by atoms with van der Waals surface area (Å²) in [6.45, 7) is 5.93. The van der Waals surface area contributed by atoms with E-state index >= 15 is 0 Å². The van der Waals surface area contributed by atoms with E-state index < -0.39 is 0 Å². The molecule has 0 saturated carbocycles. The van der Waals surface area contributed by atoms with Crippen LogP contribution in [0.1, 0.15) is 49.7 Å². The number of hydrogen-bond acceptors (Lipinski definition) is 6. The van der Waals surface area contributed by atoms with Crippen LogP contribution in [0.4, 0.5) is 5.82 Å². The van der Waals surface area contributed by atoms with Gasteiger partial charge in [0.05, 0.1) is 24.9 Å². The molecule has 6 nitrogen and oxygen atoms in total. The number of rotatable bonds is 5. The highest BCUT2D eigenvalue weighted by Gasteiger charge is 2.30. The summed E-state index contributed by atoms with van der Waals surface area (Å²) in [5, 5.41) is 23.2. The zero-order valence-electron chi connectivity index (χ0n) is 18.3. The Hall–Kier alpha value is -2.44. The minimum Gasteiger partial charge on any atom is -0.507 e. The van der Waals surface area contributed by atoms with Crippen molar-refractivity contribution in [3.05, 3.63) is 41.5 Å². The van der Waals surface area contributed by atoms with E-state index in [0.717, 1.165) is 73.8 Å². The number of allylic oxidation sites excluding steroid dienone is 2. The number of phenols is 1. The highest BCUT2D eigenvalue weighted by molar-refractivity contribution is 5.75. The molecule has 0 spiro atoms. The minimum atomic E-state index is 0.271. The molecule has 3 heterocycles. The Morgan fingerprint density at radius 3 is 2.74 bits per heavy atom. The van der Waals surface area contributed by atoms with Crippen LogP contribution in [-0.4, -0.2) is 58.6 Å². The molecule has 3 aliphatic rings. The average molecular weight is 421 g/mol.